The Morgan fingerprint density at radius 1 is 1.33 bits per heavy atom. The molecule has 3 heteroatoms. The Bertz CT molecular complexity index is 406. The second-order valence-corrected chi connectivity index (χ2v) is 3.76. The van der Waals surface area contributed by atoms with E-state index in [0.717, 1.165) is 5.56 Å². The highest BCUT2D eigenvalue weighted by atomic mass is 32.1. The Morgan fingerprint density at radius 2 is 1.87 bits per heavy atom. The predicted octanol–water partition coefficient (Wildman–Crippen LogP) is 2.36. The minimum Gasteiger partial charge on any atom is -0.326 e. The molecule has 1 N–H and O–H groups in total. The zero-order valence-corrected chi connectivity index (χ0v) is 9.65. The van der Waals surface area contributed by atoms with Gasteiger partial charge in [-0.1, -0.05) is 48.6 Å². The van der Waals surface area contributed by atoms with E-state index in [1.165, 1.54) is 12.5 Å². The summed E-state index contributed by atoms with van der Waals surface area (Å²) in [6, 6.07) is 7.79. The maximum Gasteiger partial charge on any atom is 0.221 e. The summed E-state index contributed by atoms with van der Waals surface area (Å²) in [5, 5.41) is 2.58. The van der Waals surface area contributed by atoms with E-state index in [9.17, 15) is 4.79 Å². The van der Waals surface area contributed by atoms with E-state index in [1.54, 1.807) is 0 Å². The van der Waals surface area contributed by atoms with E-state index in [0.29, 0.717) is 10.6 Å². The van der Waals surface area contributed by atoms with Crippen molar-refractivity contribution in [3.63, 3.8) is 0 Å². The van der Waals surface area contributed by atoms with Crippen molar-refractivity contribution in [3.8, 4) is 0 Å². The van der Waals surface area contributed by atoms with Gasteiger partial charge in [0.25, 0.3) is 0 Å². The molecule has 0 saturated carbocycles. The summed E-state index contributed by atoms with van der Waals surface area (Å²) in [4.78, 5) is 11.4. The van der Waals surface area contributed by atoms with Gasteiger partial charge in [-0.25, -0.2) is 0 Å². The fourth-order valence-corrected chi connectivity index (χ4v) is 1.34. The molecule has 2 nitrogen and oxygen atoms in total. The Kier molecular flexibility index (Phi) is 3.74. The van der Waals surface area contributed by atoms with Crippen molar-refractivity contribution in [2.45, 2.75) is 13.8 Å². The topological polar surface area (TPSA) is 29.1 Å². The number of benzene rings is 1. The molecule has 15 heavy (non-hydrogen) atoms. The minimum absolute atomic E-state index is 0.158. The molecule has 0 aromatic heterocycles. The van der Waals surface area contributed by atoms with E-state index in [-0.39, 0.29) is 5.91 Å². The van der Waals surface area contributed by atoms with E-state index < -0.39 is 0 Å². The molecule has 0 aliphatic rings. The molecule has 0 radical (unpaired) electrons. The average molecular weight is 219 g/mol. The van der Waals surface area contributed by atoms with Crippen LogP contribution >= 0.6 is 12.2 Å². The first-order chi connectivity index (χ1) is 7.00. The van der Waals surface area contributed by atoms with Crippen molar-refractivity contribution in [2.75, 3.05) is 0 Å². The van der Waals surface area contributed by atoms with Crippen LogP contribution in [-0.4, -0.2) is 10.8 Å². The van der Waals surface area contributed by atoms with Crippen LogP contribution in [0.4, 0.5) is 0 Å². The van der Waals surface area contributed by atoms with Crippen LogP contribution in [0.25, 0.3) is 0 Å². The first-order valence-electron chi connectivity index (χ1n) is 4.58. The number of hydrogen-bond acceptors (Lipinski definition) is 2. The van der Waals surface area contributed by atoms with Crippen molar-refractivity contribution in [1.29, 1.82) is 0 Å². The van der Waals surface area contributed by atoms with Crippen molar-refractivity contribution in [3.05, 3.63) is 47.7 Å². The molecule has 0 aliphatic carbocycles. The lowest BCUT2D eigenvalue weighted by Gasteiger charge is -2.08. The first-order valence-corrected chi connectivity index (χ1v) is 4.99. The summed E-state index contributed by atoms with van der Waals surface area (Å²) < 4.78 is 0. The third kappa shape index (κ3) is 3.29. The minimum atomic E-state index is -0.158. The summed E-state index contributed by atoms with van der Waals surface area (Å²) in [7, 11) is 0. The lowest BCUT2D eigenvalue weighted by Crippen LogP contribution is -2.23. The number of carbonyl (C=O) groups excluding carboxylic acids is 1. The lowest BCUT2D eigenvalue weighted by molar-refractivity contribution is -0.118. The zero-order valence-electron chi connectivity index (χ0n) is 8.83. The molecular formula is C12H13NOS. The van der Waals surface area contributed by atoms with Gasteiger partial charge in [0.1, 0.15) is 0 Å². The standard InChI is InChI=1S/C12H13NOS/c1-8-4-6-11(7-5-8)12(15)9(2)13-10(3)14/h4-7H,2H2,1,3H3,(H,13,14). The maximum absolute atomic E-state index is 10.8. The number of hydrogen-bond donors (Lipinski definition) is 1. The van der Waals surface area contributed by atoms with Crippen LogP contribution in [0.15, 0.2) is 36.5 Å². The van der Waals surface area contributed by atoms with E-state index in [1.807, 2.05) is 31.2 Å². The van der Waals surface area contributed by atoms with Gasteiger partial charge in [-0.15, -0.1) is 0 Å². The van der Waals surface area contributed by atoms with E-state index in [4.69, 9.17) is 12.2 Å². The Hall–Kier alpha value is -1.48. The molecule has 0 fully saturated rings. The number of aryl methyl sites for hydroxylation is 1. The summed E-state index contributed by atoms with van der Waals surface area (Å²) in [6.07, 6.45) is 0. The highest BCUT2D eigenvalue weighted by Crippen LogP contribution is 2.08. The summed E-state index contributed by atoms with van der Waals surface area (Å²) in [5.41, 5.74) is 2.54. The van der Waals surface area contributed by atoms with Gasteiger partial charge in [0.05, 0.1) is 10.6 Å². The van der Waals surface area contributed by atoms with Crippen LogP contribution in [0.5, 0.6) is 0 Å². The van der Waals surface area contributed by atoms with Crippen LogP contribution in [0.2, 0.25) is 0 Å². The van der Waals surface area contributed by atoms with Crippen molar-refractivity contribution >= 4 is 23.0 Å². The second-order valence-electron chi connectivity index (χ2n) is 3.35. The third-order valence-corrected chi connectivity index (χ3v) is 2.40. The fourth-order valence-electron chi connectivity index (χ4n) is 1.15. The molecule has 1 aromatic rings. The largest absolute Gasteiger partial charge is 0.326 e. The third-order valence-electron chi connectivity index (χ3n) is 1.91. The van der Waals surface area contributed by atoms with E-state index in [2.05, 4.69) is 11.9 Å². The summed E-state index contributed by atoms with van der Waals surface area (Å²) in [6.45, 7) is 7.16. The van der Waals surface area contributed by atoms with Gasteiger partial charge in [-0.3, -0.25) is 4.79 Å². The number of rotatable bonds is 3. The molecule has 0 bridgehead atoms. The molecule has 0 aliphatic heterocycles. The number of carbonyl (C=O) groups is 1. The first kappa shape index (κ1) is 11.6. The van der Waals surface area contributed by atoms with Crippen LogP contribution in [-0.2, 0) is 4.79 Å². The van der Waals surface area contributed by atoms with Gasteiger partial charge in [-0.05, 0) is 12.5 Å². The fraction of sp³-hybridized carbons (Fsp3) is 0.167. The molecule has 1 aromatic carbocycles. The molecule has 1 rings (SSSR count). The van der Waals surface area contributed by atoms with E-state index >= 15 is 0 Å². The Labute approximate surface area is 95.0 Å². The van der Waals surface area contributed by atoms with Crippen molar-refractivity contribution in [1.82, 2.24) is 5.32 Å². The SMILES string of the molecule is C=C(NC(C)=O)C(=S)c1ccc(C)cc1. The van der Waals surface area contributed by atoms with Crippen molar-refractivity contribution in [2.24, 2.45) is 0 Å². The summed E-state index contributed by atoms with van der Waals surface area (Å²) >= 11 is 5.19. The zero-order chi connectivity index (χ0) is 11.4. The number of allylic oxidation sites excluding steroid dienone is 1. The molecular weight excluding hydrogens is 206 g/mol. The summed E-state index contributed by atoms with van der Waals surface area (Å²) in [5.74, 6) is -0.158. The Balaban J connectivity index is 2.81. The molecule has 0 spiro atoms. The predicted molar refractivity (Wildman–Crippen MR) is 65.8 cm³/mol. The number of nitrogens with one attached hydrogen (secondary N) is 1. The highest BCUT2D eigenvalue weighted by molar-refractivity contribution is 7.81. The van der Waals surface area contributed by atoms with Gasteiger partial charge in [0, 0.05) is 6.92 Å². The number of thiocarbonyl (C=S) groups is 1. The van der Waals surface area contributed by atoms with Gasteiger partial charge >= 0.3 is 0 Å². The van der Waals surface area contributed by atoms with Gasteiger partial charge in [0.2, 0.25) is 5.91 Å². The van der Waals surface area contributed by atoms with Gasteiger partial charge < -0.3 is 5.32 Å². The molecule has 78 valence electrons. The lowest BCUT2D eigenvalue weighted by atomic mass is 10.1. The molecule has 0 heterocycles. The van der Waals surface area contributed by atoms with Crippen molar-refractivity contribution < 1.29 is 4.79 Å². The monoisotopic (exact) mass is 219 g/mol. The average Bonchev–Trinajstić information content (AvgIpc) is 2.17. The molecule has 0 atom stereocenters. The normalized spacial score (nSPS) is 9.47. The molecule has 1 amide bonds. The van der Waals surface area contributed by atoms with Crippen LogP contribution in [0.1, 0.15) is 18.1 Å². The molecule has 0 unspecified atom stereocenters. The Morgan fingerprint density at radius 3 is 2.33 bits per heavy atom. The smallest absolute Gasteiger partial charge is 0.221 e. The quantitative estimate of drug-likeness (QED) is 0.480. The van der Waals surface area contributed by atoms with Gasteiger partial charge in [-0.2, -0.15) is 0 Å². The number of amides is 1. The molecule has 0 saturated heterocycles. The van der Waals surface area contributed by atoms with Crippen LogP contribution < -0.4 is 5.32 Å². The maximum atomic E-state index is 10.8. The van der Waals surface area contributed by atoms with Crippen LogP contribution in [0, 0.1) is 6.92 Å². The van der Waals surface area contributed by atoms with Gasteiger partial charge in [0.15, 0.2) is 0 Å². The van der Waals surface area contributed by atoms with Crippen LogP contribution in [0.3, 0.4) is 0 Å². The highest BCUT2D eigenvalue weighted by Gasteiger charge is 2.06. The second kappa shape index (κ2) is 4.84.